The van der Waals surface area contributed by atoms with E-state index in [0.717, 1.165) is 0 Å². The van der Waals surface area contributed by atoms with Crippen molar-refractivity contribution < 1.29 is 4.39 Å². The summed E-state index contributed by atoms with van der Waals surface area (Å²) in [5.74, 6) is -0.498. The predicted octanol–water partition coefficient (Wildman–Crippen LogP) is 3.29. The lowest BCUT2D eigenvalue weighted by atomic mass is 10.2. The average Bonchev–Trinajstić information content (AvgIpc) is 2.08. The fraction of sp³-hybridized carbons (Fsp3) is 0.143. The average molecular weight is 186 g/mol. The summed E-state index contributed by atoms with van der Waals surface area (Å²) in [5.41, 5.74) is 8.50. The summed E-state index contributed by atoms with van der Waals surface area (Å²) < 4.78 is 12.7. The van der Waals surface area contributed by atoms with Gasteiger partial charge in [0.05, 0.1) is 11.6 Å². The van der Waals surface area contributed by atoms with Crippen LogP contribution in [0.3, 0.4) is 0 Å². The molecular weight excluding hydrogens is 181 g/mol. The molecular formula is C7H5ClFN3. The Bertz CT molecular complexity index is 333. The topological polar surface area (TPSA) is 48.8 Å². The molecule has 0 aliphatic rings. The highest BCUT2D eigenvalue weighted by molar-refractivity contribution is 6.31. The van der Waals surface area contributed by atoms with Crippen LogP contribution in [0.1, 0.15) is 5.56 Å². The quantitative estimate of drug-likeness (QED) is 0.386. The molecule has 5 heteroatoms. The molecule has 0 bridgehead atoms. The smallest absolute Gasteiger partial charge is 0.142 e. The van der Waals surface area contributed by atoms with Crippen molar-refractivity contribution in [3.63, 3.8) is 0 Å². The summed E-state index contributed by atoms with van der Waals surface area (Å²) in [7, 11) is 0. The van der Waals surface area contributed by atoms with E-state index in [4.69, 9.17) is 17.1 Å². The number of halogens is 2. The summed E-state index contributed by atoms with van der Waals surface area (Å²) in [6, 6.07) is 4.38. The summed E-state index contributed by atoms with van der Waals surface area (Å²) in [5, 5.41) is 3.29. The van der Waals surface area contributed by atoms with Gasteiger partial charge < -0.3 is 0 Å². The zero-order chi connectivity index (χ0) is 8.97. The maximum atomic E-state index is 12.7. The predicted molar refractivity (Wildman–Crippen MR) is 44.3 cm³/mol. The van der Waals surface area contributed by atoms with E-state index in [9.17, 15) is 4.39 Å². The second-order valence-corrected chi connectivity index (χ2v) is 2.48. The van der Waals surface area contributed by atoms with E-state index in [1.165, 1.54) is 12.1 Å². The lowest BCUT2D eigenvalue weighted by molar-refractivity contribution is 0.626. The molecule has 0 atom stereocenters. The Morgan fingerprint density at radius 3 is 3.00 bits per heavy atom. The molecule has 1 rings (SSSR count). The molecule has 1 aromatic carbocycles. The minimum Gasteiger partial charge on any atom is -0.205 e. The molecule has 0 N–H and O–H groups in total. The summed E-state index contributed by atoms with van der Waals surface area (Å²) in [6.07, 6.45) is 0. The van der Waals surface area contributed by atoms with Gasteiger partial charge in [0.25, 0.3) is 0 Å². The first-order valence-corrected chi connectivity index (χ1v) is 3.57. The maximum Gasteiger partial charge on any atom is 0.142 e. The second-order valence-electron chi connectivity index (χ2n) is 2.10. The largest absolute Gasteiger partial charge is 0.205 e. The van der Waals surface area contributed by atoms with E-state index in [-0.39, 0.29) is 11.6 Å². The standard InChI is InChI=1S/C7H5ClFN3/c8-7-5(4-11-12-10)2-1-3-6(7)9/h1-3H,4H2. The van der Waals surface area contributed by atoms with Crippen LogP contribution in [-0.4, -0.2) is 0 Å². The fourth-order valence-electron chi connectivity index (χ4n) is 0.778. The number of benzene rings is 1. The van der Waals surface area contributed by atoms with E-state index in [2.05, 4.69) is 10.0 Å². The van der Waals surface area contributed by atoms with E-state index in [1.807, 2.05) is 0 Å². The van der Waals surface area contributed by atoms with Crippen molar-refractivity contribution in [2.75, 3.05) is 0 Å². The van der Waals surface area contributed by atoms with E-state index in [0.29, 0.717) is 5.56 Å². The van der Waals surface area contributed by atoms with Crippen LogP contribution in [0.25, 0.3) is 10.4 Å². The van der Waals surface area contributed by atoms with Gasteiger partial charge in [-0.15, -0.1) is 0 Å². The summed E-state index contributed by atoms with van der Waals surface area (Å²) in [4.78, 5) is 2.55. The Hall–Kier alpha value is -1.25. The minimum absolute atomic E-state index is 0.0184. The zero-order valence-corrected chi connectivity index (χ0v) is 6.79. The molecule has 0 fully saturated rings. The van der Waals surface area contributed by atoms with Gasteiger partial charge in [-0.3, -0.25) is 0 Å². The van der Waals surface area contributed by atoms with Crippen LogP contribution in [0.4, 0.5) is 4.39 Å². The Kier molecular flexibility index (Phi) is 2.91. The number of hydrogen-bond acceptors (Lipinski definition) is 1. The molecule has 1 aromatic rings. The van der Waals surface area contributed by atoms with Gasteiger partial charge in [-0.25, -0.2) is 4.39 Å². The molecule has 0 aliphatic heterocycles. The molecule has 0 amide bonds. The maximum absolute atomic E-state index is 12.7. The van der Waals surface area contributed by atoms with Gasteiger partial charge in [-0.2, -0.15) is 0 Å². The van der Waals surface area contributed by atoms with Crippen molar-refractivity contribution in [1.29, 1.82) is 0 Å². The lowest BCUT2D eigenvalue weighted by Gasteiger charge is -1.99. The van der Waals surface area contributed by atoms with Crippen molar-refractivity contribution in [2.24, 2.45) is 5.11 Å². The third-order valence-corrected chi connectivity index (χ3v) is 1.76. The zero-order valence-electron chi connectivity index (χ0n) is 6.04. The molecule has 3 nitrogen and oxygen atoms in total. The van der Waals surface area contributed by atoms with Gasteiger partial charge in [-0.1, -0.05) is 28.8 Å². The summed E-state index contributed by atoms with van der Waals surface area (Å²) in [6.45, 7) is 0.0765. The van der Waals surface area contributed by atoms with Crippen LogP contribution >= 0.6 is 11.6 Å². The van der Waals surface area contributed by atoms with Crippen LogP contribution in [0.5, 0.6) is 0 Å². The first-order valence-electron chi connectivity index (χ1n) is 3.19. The molecule has 12 heavy (non-hydrogen) atoms. The third kappa shape index (κ3) is 1.87. The monoisotopic (exact) mass is 185 g/mol. The Morgan fingerprint density at radius 1 is 1.58 bits per heavy atom. The number of rotatable bonds is 2. The summed E-state index contributed by atoms with van der Waals surface area (Å²) >= 11 is 5.57. The van der Waals surface area contributed by atoms with Gasteiger partial charge in [-0.05, 0) is 17.2 Å². The van der Waals surface area contributed by atoms with Crippen LogP contribution < -0.4 is 0 Å². The second kappa shape index (κ2) is 3.95. The van der Waals surface area contributed by atoms with Crippen molar-refractivity contribution in [1.82, 2.24) is 0 Å². The normalized spacial score (nSPS) is 9.17. The number of hydrogen-bond donors (Lipinski definition) is 0. The van der Waals surface area contributed by atoms with Gasteiger partial charge in [0.1, 0.15) is 5.82 Å². The minimum atomic E-state index is -0.498. The van der Waals surface area contributed by atoms with Gasteiger partial charge in [0.15, 0.2) is 0 Å². The first kappa shape index (κ1) is 8.84. The Balaban J connectivity index is 2.99. The molecule has 0 heterocycles. The van der Waals surface area contributed by atoms with E-state index in [1.54, 1.807) is 6.07 Å². The van der Waals surface area contributed by atoms with Gasteiger partial charge in [0.2, 0.25) is 0 Å². The number of azide groups is 1. The van der Waals surface area contributed by atoms with Crippen molar-refractivity contribution in [3.05, 3.63) is 45.0 Å². The SMILES string of the molecule is [N-]=[N+]=NCc1cccc(F)c1Cl. The lowest BCUT2D eigenvalue weighted by Crippen LogP contribution is -1.85. The Morgan fingerprint density at radius 2 is 2.33 bits per heavy atom. The van der Waals surface area contributed by atoms with Gasteiger partial charge >= 0.3 is 0 Å². The van der Waals surface area contributed by atoms with Crippen LogP contribution in [-0.2, 0) is 6.54 Å². The Labute approximate surface area is 73.4 Å². The van der Waals surface area contributed by atoms with Crippen LogP contribution in [0.15, 0.2) is 23.3 Å². The fourth-order valence-corrected chi connectivity index (χ4v) is 0.964. The van der Waals surface area contributed by atoms with E-state index < -0.39 is 5.82 Å². The highest BCUT2D eigenvalue weighted by Gasteiger charge is 2.03. The molecule has 62 valence electrons. The molecule has 0 radical (unpaired) electrons. The van der Waals surface area contributed by atoms with Crippen molar-refractivity contribution >= 4 is 11.6 Å². The van der Waals surface area contributed by atoms with Gasteiger partial charge in [0, 0.05) is 4.91 Å². The molecule has 0 aromatic heterocycles. The molecule has 0 saturated carbocycles. The molecule has 0 saturated heterocycles. The van der Waals surface area contributed by atoms with Crippen molar-refractivity contribution in [3.8, 4) is 0 Å². The highest BCUT2D eigenvalue weighted by atomic mass is 35.5. The highest BCUT2D eigenvalue weighted by Crippen LogP contribution is 2.20. The van der Waals surface area contributed by atoms with Crippen LogP contribution in [0, 0.1) is 5.82 Å². The molecule has 0 spiro atoms. The van der Waals surface area contributed by atoms with Crippen LogP contribution in [0.2, 0.25) is 5.02 Å². The first-order chi connectivity index (χ1) is 5.75. The number of nitrogens with zero attached hydrogens (tertiary/aromatic N) is 3. The third-order valence-electron chi connectivity index (χ3n) is 1.34. The molecule has 0 unspecified atom stereocenters. The van der Waals surface area contributed by atoms with E-state index >= 15 is 0 Å². The van der Waals surface area contributed by atoms with Crippen molar-refractivity contribution in [2.45, 2.75) is 6.54 Å². The molecule has 0 aliphatic carbocycles.